The molecule has 0 aliphatic heterocycles. The molecule has 5 heteroatoms. The van der Waals surface area contributed by atoms with Crippen LogP contribution in [0.3, 0.4) is 0 Å². The van der Waals surface area contributed by atoms with Gasteiger partial charge in [0, 0.05) is 5.56 Å². The molecule has 15 heavy (non-hydrogen) atoms. The van der Waals surface area contributed by atoms with Crippen molar-refractivity contribution in [2.24, 2.45) is 0 Å². The van der Waals surface area contributed by atoms with Gasteiger partial charge in [-0.2, -0.15) is 0 Å². The maximum Gasteiger partial charge on any atom is 0.332 e. The molecule has 0 amide bonds. The number of carboxylic acids is 1. The monoisotopic (exact) mass is 210 g/mol. The Morgan fingerprint density at radius 1 is 1.33 bits per heavy atom. The number of hydrogen-bond acceptors (Lipinski definition) is 4. The highest BCUT2D eigenvalue weighted by molar-refractivity contribution is 5.88. The van der Waals surface area contributed by atoms with E-state index in [4.69, 9.17) is 14.9 Å². The number of phenols is 2. The molecule has 0 atom stereocenters. The average Bonchev–Trinajstić information content (AvgIpc) is 2.18. The first kappa shape index (κ1) is 10.9. The number of carboxylic acid groups (broad SMARTS) is 1. The van der Waals surface area contributed by atoms with E-state index in [1.54, 1.807) is 0 Å². The predicted molar refractivity (Wildman–Crippen MR) is 52.4 cm³/mol. The Balaban J connectivity index is 3.14. The molecular weight excluding hydrogens is 200 g/mol. The normalized spacial score (nSPS) is 11.1. The maximum atomic E-state index is 10.4. The number of aromatic hydroxyl groups is 2. The fourth-order valence-corrected chi connectivity index (χ4v) is 1.05. The van der Waals surface area contributed by atoms with E-state index >= 15 is 0 Å². The molecule has 0 saturated heterocycles. The highest BCUT2D eigenvalue weighted by atomic mass is 16.5. The summed E-state index contributed by atoms with van der Waals surface area (Å²) in [4.78, 5) is 10.4. The van der Waals surface area contributed by atoms with E-state index in [2.05, 4.69) is 0 Å². The van der Waals surface area contributed by atoms with E-state index in [9.17, 15) is 9.90 Å². The van der Waals surface area contributed by atoms with Crippen LogP contribution >= 0.6 is 0 Å². The Kier molecular flexibility index (Phi) is 3.17. The Hall–Kier alpha value is -2.17. The fraction of sp³-hybridized carbons (Fsp3) is 0.100. The van der Waals surface area contributed by atoms with Gasteiger partial charge in [-0.05, 0) is 18.2 Å². The van der Waals surface area contributed by atoms with Crippen LogP contribution in [0, 0.1) is 0 Å². The summed E-state index contributed by atoms with van der Waals surface area (Å²) in [6, 6.07) is 3.90. The molecule has 0 radical (unpaired) electrons. The van der Waals surface area contributed by atoms with Crippen molar-refractivity contribution >= 4 is 11.7 Å². The third kappa shape index (κ3) is 2.63. The van der Waals surface area contributed by atoms with Crippen LogP contribution in [-0.4, -0.2) is 28.4 Å². The molecule has 0 aromatic heterocycles. The first-order chi connectivity index (χ1) is 7.04. The van der Waals surface area contributed by atoms with E-state index in [1.807, 2.05) is 0 Å². The van der Waals surface area contributed by atoms with E-state index < -0.39 is 5.97 Å². The highest BCUT2D eigenvalue weighted by Crippen LogP contribution is 2.28. The number of ether oxygens (including phenoxy) is 1. The third-order valence-electron chi connectivity index (χ3n) is 1.73. The number of rotatable bonds is 3. The molecule has 0 aliphatic rings. The van der Waals surface area contributed by atoms with Gasteiger partial charge >= 0.3 is 5.97 Å². The fourth-order valence-electron chi connectivity index (χ4n) is 1.05. The number of phenolic OH excluding ortho intramolecular Hbond substituents is 2. The van der Waals surface area contributed by atoms with Crippen LogP contribution in [0.1, 0.15) is 5.56 Å². The minimum absolute atomic E-state index is 0.0952. The van der Waals surface area contributed by atoms with E-state index in [-0.39, 0.29) is 17.3 Å². The minimum atomic E-state index is -1.15. The number of aliphatic carboxylic acids is 1. The summed E-state index contributed by atoms with van der Waals surface area (Å²) in [5.41, 5.74) is 0.371. The summed E-state index contributed by atoms with van der Waals surface area (Å²) in [5, 5.41) is 26.8. The zero-order chi connectivity index (χ0) is 11.4. The molecule has 0 heterocycles. The van der Waals surface area contributed by atoms with Gasteiger partial charge in [-0.15, -0.1) is 0 Å². The largest absolute Gasteiger partial charge is 0.504 e. The van der Waals surface area contributed by atoms with Crippen LogP contribution in [0.5, 0.6) is 11.5 Å². The van der Waals surface area contributed by atoms with Crippen molar-refractivity contribution in [3.63, 3.8) is 0 Å². The molecule has 0 bridgehead atoms. The molecule has 0 aliphatic carbocycles. The summed E-state index contributed by atoms with van der Waals surface area (Å²) in [5.74, 6) is -1.66. The van der Waals surface area contributed by atoms with Gasteiger partial charge in [0.15, 0.2) is 11.5 Å². The van der Waals surface area contributed by atoms with Gasteiger partial charge in [0.2, 0.25) is 0 Å². The summed E-state index contributed by atoms with van der Waals surface area (Å²) in [7, 11) is 1.32. The van der Waals surface area contributed by atoms with Gasteiger partial charge in [-0.1, -0.05) is 0 Å². The summed E-state index contributed by atoms with van der Waals surface area (Å²) in [6.45, 7) is 0. The van der Waals surface area contributed by atoms with E-state index in [0.717, 1.165) is 6.08 Å². The molecule has 1 aromatic carbocycles. The molecule has 5 nitrogen and oxygen atoms in total. The molecule has 0 spiro atoms. The van der Waals surface area contributed by atoms with Gasteiger partial charge in [0.05, 0.1) is 13.2 Å². The van der Waals surface area contributed by atoms with Crippen molar-refractivity contribution < 1.29 is 24.9 Å². The average molecular weight is 210 g/mol. The number of hydrogen-bond donors (Lipinski definition) is 3. The third-order valence-corrected chi connectivity index (χ3v) is 1.73. The second kappa shape index (κ2) is 4.36. The summed E-state index contributed by atoms with van der Waals surface area (Å²) < 4.78 is 4.83. The van der Waals surface area contributed by atoms with Crippen LogP contribution in [-0.2, 0) is 9.53 Å². The second-order valence-electron chi connectivity index (χ2n) is 2.75. The number of carbonyl (C=O) groups is 1. The molecular formula is C10H10O5. The summed E-state index contributed by atoms with van der Waals surface area (Å²) >= 11 is 0. The Morgan fingerprint density at radius 2 is 2.00 bits per heavy atom. The maximum absolute atomic E-state index is 10.4. The second-order valence-corrected chi connectivity index (χ2v) is 2.75. The van der Waals surface area contributed by atoms with Crippen molar-refractivity contribution in [2.75, 3.05) is 7.11 Å². The van der Waals surface area contributed by atoms with Crippen LogP contribution in [0.2, 0.25) is 0 Å². The Bertz CT molecular complexity index is 408. The van der Waals surface area contributed by atoms with E-state index in [1.165, 1.54) is 25.3 Å². The number of methoxy groups -OCH3 is 1. The van der Waals surface area contributed by atoms with Crippen molar-refractivity contribution in [1.29, 1.82) is 0 Å². The lowest BCUT2D eigenvalue weighted by molar-refractivity contribution is -0.131. The quantitative estimate of drug-likeness (QED) is 0.396. The molecule has 0 saturated carbocycles. The van der Waals surface area contributed by atoms with Crippen LogP contribution < -0.4 is 0 Å². The first-order valence-electron chi connectivity index (χ1n) is 4.05. The van der Waals surface area contributed by atoms with Crippen LogP contribution in [0.4, 0.5) is 0 Å². The molecule has 3 N–H and O–H groups in total. The molecule has 1 aromatic rings. The lowest BCUT2D eigenvalue weighted by Crippen LogP contribution is -1.94. The van der Waals surface area contributed by atoms with Gasteiger partial charge < -0.3 is 20.1 Å². The number of benzene rings is 1. The molecule has 0 fully saturated rings. The van der Waals surface area contributed by atoms with E-state index in [0.29, 0.717) is 5.56 Å². The molecule has 1 rings (SSSR count). The Morgan fingerprint density at radius 3 is 2.47 bits per heavy atom. The standard InChI is InChI=1S/C10H10O5/c1-15-9(5-10(13)14)6-2-3-7(11)8(12)4-6/h2-5,11-12H,1H3,(H,13,14). The van der Waals surface area contributed by atoms with Gasteiger partial charge in [-0.3, -0.25) is 0 Å². The SMILES string of the molecule is COC(=CC(=O)O)c1ccc(O)c(O)c1. The zero-order valence-corrected chi connectivity index (χ0v) is 7.97. The lowest BCUT2D eigenvalue weighted by atomic mass is 10.1. The molecule has 80 valence electrons. The van der Waals surface area contributed by atoms with Crippen molar-refractivity contribution in [2.45, 2.75) is 0 Å². The van der Waals surface area contributed by atoms with Crippen molar-refractivity contribution in [3.8, 4) is 11.5 Å². The zero-order valence-electron chi connectivity index (χ0n) is 7.97. The van der Waals surface area contributed by atoms with Gasteiger partial charge in [0.1, 0.15) is 5.76 Å². The smallest absolute Gasteiger partial charge is 0.332 e. The predicted octanol–water partition coefficient (Wildman–Crippen LogP) is 1.17. The topological polar surface area (TPSA) is 87.0 Å². The molecule has 0 unspecified atom stereocenters. The Labute approximate surface area is 85.9 Å². The first-order valence-corrected chi connectivity index (χ1v) is 4.05. The highest BCUT2D eigenvalue weighted by Gasteiger charge is 2.07. The lowest BCUT2D eigenvalue weighted by Gasteiger charge is -2.06. The summed E-state index contributed by atoms with van der Waals surface area (Å²) in [6.07, 6.45) is 0.867. The van der Waals surface area contributed by atoms with Gasteiger partial charge in [-0.25, -0.2) is 4.79 Å². The van der Waals surface area contributed by atoms with Gasteiger partial charge in [0.25, 0.3) is 0 Å². The minimum Gasteiger partial charge on any atom is -0.504 e. The van der Waals surface area contributed by atoms with Crippen LogP contribution in [0.15, 0.2) is 24.3 Å². The van der Waals surface area contributed by atoms with Crippen LogP contribution in [0.25, 0.3) is 5.76 Å². The van der Waals surface area contributed by atoms with Crippen molar-refractivity contribution in [3.05, 3.63) is 29.8 Å². The van der Waals surface area contributed by atoms with Crippen molar-refractivity contribution in [1.82, 2.24) is 0 Å².